The molecule has 0 aliphatic carbocycles. The Bertz CT molecular complexity index is 1060. The van der Waals surface area contributed by atoms with Gasteiger partial charge in [0.05, 0.1) is 11.1 Å². The van der Waals surface area contributed by atoms with Crippen molar-refractivity contribution < 1.29 is 14.8 Å². The van der Waals surface area contributed by atoms with Crippen LogP contribution in [0, 0.1) is 10.1 Å². The predicted octanol–water partition coefficient (Wildman–Crippen LogP) is 4.01. The Morgan fingerprint density at radius 3 is 2.14 bits per heavy atom. The number of nitro benzene ring substituents is 1. The maximum atomic E-state index is 12.9. The van der Waals surface area contributed by atoms with Crippen LogP contribution >= 0.6 is 0 Å². The Kier molecular flexibility index (Phi) is 5.66. The molecule has 0 aromatic heterocycles. The van der Waals surface area contributed by atoms with Crippen molar-refractivity contribution in [1.29, 1.82) is 0 Å². The fraction of sp³-hybridized carbons (Fsp3) is 0. The molecular formula is C21H15N3O4. The number of carbonyl (C=O) groups is 1. The van der Waals surface area contributed by atoms with Crippen molar-refractivity contribution in [3.05, 3.63) is 106 Å². The molecule has 3 rings (SSSR count). The number of phenols is 1. The third-order valence-electron chi connectivity index (χ3n) is 3.87. The Labute approximate surface area is 160 Å². The molecule has 28 heavy (non-hydrogen) atoms. The molecule has 0 saturated carbocycles. The van der Waals surface area contributed by atoms with Gasteiger partial charge in [-0.2, -0.15) is 5.10 Å². The van der Waals surface area contributed by atoms with E-state index in [1.54, 1.807) is 54.6 Å². The highest BCUT2D eigenvalue weighted by Gasteiger charge is 2.16. The Balaban J connectivity index is 1.98. The van der Waals surface area contributed by atoms with Crippen LogP contribution in [-0.4, -0.2) is 27.7 Å². The number of ketones is 1. The van der Waals surface area contributed by atoms with Gasteiger partial charge in [0, 0.05) is 28.8 Å². The first-order valence-electron chi connectivity index (χ1n) is 8.30. The zero-order chi connectivity index (χ0) is 19.9. The standard InChI is InChI=1S/C21H15N3O4/c25-19-12-11-18(24(27)28)13-17(19)14-22-23-20(15-7-3-1-4-8-15)21(26)16-9-5-2-6-10-16/h1-14,25H/b22-14+,23-20+. The molecule has 0 spiro atoms. The molecule has 1 N–H and O–H groups in total. The Hall–Kier alpha value is -4.13. The number of nitro groups is 1. The van der Waals surface area contributed by atoms with Gasteiger partial charge in [-0.05, 0) is 6.07 Å². The molecule has 0 atom stereocenters. The van der Waals surface area contributed by atoms with Gasteiger partial charge in [-0.25, -0.2) is 0 Å². The number of benzene rings is 3. The lowest BCUT2D eigenvalue weighted by molar-refractivity contribution is -0.384. The number of carbonyl (C=O) groups excluding carboxylic acids is 1. The van der Waals surface area contributed by atoms with Gasteiger partial charge in [0.1, 0.15) is 11.5 Å². The summed E-state index contributed by atoms with van der Waals surface area (Å²) in [4.78, 5) is 23.2. The summed E-state index contributed by atoms with van der Waals surface area (Å²) in [5.41, 5.74) is 1.09. The van der Waals surface area contributed by atoms with E-state index in [0.29, 0.717) is 11.1 Å². The summed E-state index contributed by atoms with van der Waals surface area (Å²) in [6.45, 7) is 0. The summed E-state index contributed by atoms with van der Waals surface area (Å²) in [6.07, 6.45) is 1.17. The second-order valence-corrected chi connectivity index (χ2v) is 5.75. The van der Waals surface area contributed by atoms with E-state index in [2.05, 4.69) is 10.2 Å². The summed E-state index contributed by atoms with van der Waals surface area (Å²) in [5, 5.41) is 28.7. The zero-order valence-corrected chi connectivity index (χ0v) is 14.6. The van der Waals surface area contributed by atoms with Gasteiger partial charge < -0.3 is 5.11 Å². The molecular weight excluding hydrogens is 358 g/mol. The molecule has 0 aliphatic heterocycles. The molecule has 0 fully saturated rings. The number of Topliss-reactive ketones (excluding diaryl/α,β-unsaturated/α-hetero) is 1. The summed E-state index contributed by atoms with van der Waals surface area (Å²) in [6, 6.07) is 21.1. The van der Waals surface area contributed by atoms with E-state index in [1.165, 1.54) is 24.4 Å². The van der Waals surface area contributed by atoms with Gasteiger partial charge in [-0.3, -0.25) is 14.9 Å². The van der Waals surface area contributed by atoms with Gasteiger partial charge in [0.15, 0.2) is 0 Å². The molecule has 0 heterocycles. The average Bonchev–Trinajstić information content (AvgIpc) is 2.73. The largest absolute Gasteiger partial charge is 0.507 e. The fourth-order valence-electron chi connectivity index (χ4n) is 2.46. The van der Waals surface area contributed by atoms with Gasteiger partial charge >= 0.3 is 0 Å². The third-order valence-corrected chi connectivity index (χ3v) is 3.87. The lowest BCUT2D eigenvalue weighted by atomic mass is 10.0. The van der Waals surface area contributed by atoms with Crippen LogP contribution in [0.5, 0.6) is 5.75 Å². The number of phenolic OH excluding ortho intramolecular Hbond substituents is 1. The number of hydrogen-bond acceptors (Lipinski definition) is 6. The second-order valence-electron chi connectivity index (χ2n) is 5.75. The normalized spacial score (nSPS) is 11.5. The van der Waals surface area contributed by atoms with Crippen LogP contribution in [0.25, 0.3) is 0 Å². The van der Waals surface area contributed by atoms with E-state index in [4.69, 9.17) is 0 Å². The van der Waals surface area contributed by atoms with Crippen LogP contribution in [-0.2, 0) is 0 Å². The van der Waals surface area contributed by atoms with E-state index in [9.17, 15) is 20.0 Å². The first kappa shape index (κ1) is 18.7. The topological polar surface area (TPSA) is 105 Å². The minimum Gasteiger partial charge on any atom is -0.507 e. The first-order valence-corrected chi connectivity index (χ1v) is 8.30. The van der Waals surface area contributed by atoms with E-state index < -0.39 is 4.92 Å². The highest BCUT2D eigenvalue weighted by atomic mass is 16.6. The maximum Gasteiger partial charge on any atom is 0.270 e. The molecule has 7 heteroatoms. The fourth-order valence-corrected chi connectivity index (χ4v) is 2.46. The molecule has 0 radical (unpaired) electrons. The summed E-state index contributed by atoms with van der Waals surface area (Å²) in [5.74, 6) is -0.493. The van der Waals surface area contributed by atoms with Crippen molar-refractivity contribution in [3.63, 3.8) is 0 Å². The van der Waals surface area contributed by atoms with Crippen LogP contribution in [0.4, 0.5) is 5.69 Å². The Morgan fingerprint density at radius 1 is 0.929 bits per heavy atom. The van der Waals surface area contributed by atoms with Crippen molar-refractivity contribution in [1.82, 2.24) is 0 Å². The van der Waals surface area contributed by atoms with Gasteiger partial charge in [0.2, 0.25) is 5.78 Å². The van der Waals surface area contributed by atoms with Crippen molar-refractivity contribution in [2.24, 2.45) is 10.2 Å². The quantitative estimate of drug-likeness (QED) is 0.305. The molecule has 138 valence electrons. The number of hydrogen-bond donors (Lipinski definition) is 1. The van der Waals surface area contributed by atoms with Gasteiger partial charge in [-0.1, -0.05) is 60.7 Å². The SMILES string of the molecule is O=C(/C(=N/N=C/c1cc([N+](=O)[O-])ccc1O)c1ccccc1)c1ccccc1. The lowest BCUT2D eigenvalue weighted by Crippen LogP contribution is -2.15. The second kappa shape index (κ2) is 8.50. The monoisotopic (exact) mass is 373 g/mol. The molecule has 0 aliphatic rings. The molecule has 0 saturated heterocycles. The molecule has 3 aromatic rings. The van der Waals surface area contributed by atoms with E-state index in [0.717, 1.165) is 0 Å². The highest BCUT2D eigenvalue weighted by molar-refractivity contribution is 6.51. The third kappa shape index (κ3) is 4.34. The smallest absolute Gasteiger partial charge is 0.270 e. The maximum absolute atomic E-state index is 12.9. The number of nitrogens with zero attached hydrogens (tertiary/aromatic N) is 3. The number of non-ortho nitro benzene ring substituents is 1. The zero-order valence-electron chi connectivity index (χ0n) is 14.6. The number of aromatic hydroxyl groups is 1. The van der Waals surface area contributed by atoms with E-state index >= 15 is 0 Å². The van der Waals surface area contributed by atoms with Gasteiger partial charge in [-0.15, -0.1) is 5.10 Å². The Morgan fingerprint density at radius 2 is 1.54 bits per heavy atom. The van der Waals surface area contributed by atoms with Gasteiger partial charge in [0.25, 0.3) is 5.69 Å². The van der Waals surface area contributed by atoms with Crippen LogP contribution in [0.2, 0.25) is 0 Å². The molecule has 0 bridgehead atoms. The van der Waals surface area contributed by atoms with Crippen molar-refractivity contribution in [2.45, 2.75) is 0 Å². The molecule has 0 unspecified atom stereocenters. The van der Waals surface area contributed by atoms with Crippen molar-refractivity contribution >= 4 is 23.4 Å². The molecule has 0 amide bonds. The first-order chi connectivity index (χ1) is 13.6. The van der Waals surface area contributed by atoms with Crippen LogP contribution in [0.15, 0.2) is 89.1 Å². The molecule has 7 nitrogen and oxygen atoms in total. The molecule has 3 aromatic carbocycles. The minimum atomic E-state index is -0.575. The van der Waals surface area contributed by atoms with Crippen molar-refractivity contribution in [3.8, 4) is 5.75 Å². The number of rotatable bonds is 6. The van der Waals surface area contributed by atoms with Crippen LogP contribution in [0.3, 0.4) is 0 Å². The van der Waals surface area contributed by atoms with Crippen LogP contribution in [0.1, 0.15) is 21.5 Å². The van der Waals surface area contributed by atoms with Crippen LogP contribution < -0.4 is 0 Å². The minimum absolute atomic E-state index is 0.118. The van der Waals surface area contributed by atoms with E-state index in [1.807, 2.05) is 6.07 Å². The summed E-state index contributed by atoms with van der Waals surface area (Å²) < 4.78 is 0. The summed E-state index contributed by atoms with van der Waals surface area (Å²) >= 11 is 0. The summed E-state index contributed by atoms with van der Waals surface area (Å²) in [7, 11) is 0. The highest BCUT2D eigenvalue weighted by Crippen LogP contribution is 2.21. The van der Waals surface area contributed by atoms with E-state index in [-0.39, 0.29) is 28.5 Å². The van der Waals surface area contributed by atoms with Crippen molar-refractivity contribution in [2.75, 3.05) is 0 Å². The predicted molar refractivity (Wildman–Crippen MR) is 106 cm³/mol. The average molecular weight is 373 g/mol. The lowest BCUT2D eigenvalue weighted by Gasteiger charge is -2.04.